The molecule has 0 atom stereocenters. The van der Waals surface area contributed by atoms with E-state index in [-0.39, 0.29) is 0 Å². The number of thiophene rings is 1. The third kappa shape index (κ3) is 5.39. The summed E-state index contributed by atoms with van der Waals surface area (Å²) in [5, 5.41) is 10.6. The Morgan fingerprint density at radius 2 is 2.11 bits per heavy atom. The van der Waals surface area contributed by atoms with E-state index in [1.54, 1.807) is 7.11 Å². The Morgan fingerprint density at radius 3 is 2.78 bits per heavy atom. The molecule has 27 heavy (non-hydrogen) atoms. The first-order valence-corrected chi connectivity index (χ1v) is 10.5. The minimum Gasteiger partial charge on any atom is -0.496 e. The second kappa shape index (κ2) is 9.65. The zero-order valence-corrected chi connectivity index (χ0v) is 17.3. The lowest BCUT2D eigenvalue weighted by Crippen LogP contribution is -2.49. The summed E-state index contributed by atoms with van der Waals surface area (Å²) in [6.07, 6.45) is 3.16. The van der Waals surface area contributed by atoms with Crippen molar-refractivity contribution in [3.8, 4) is 5.75 Å². The van der Waals surface area contributed by atoms with E-state index >= 15 is 0 Å². The Balaban J connectivity index is 1.44. The molecule has 0 spiro atoms. The number of guanidine groups is 1. The van der Waals surface area contributed by atoms with Crippen molar-refractivity contribution in [2.24, 2.45) is 4.99 Å². The van der Waals surface area contributed by atoms with Gasteiger partial charge in [0.1, 0.15) is 5.75 Å². The molecule has 6 heteroatoms. The van der Waals surface area contributed by atoms with Crippen molar-refractivity contribution >= 4 is 22.3 Å². The van der Waals surface area contributed by atoms with Crippen molar-refractivity contribution in [3.05, 3.63) is 46.8 Å². The number of benzene rings is 1. The Bertz CT molecular complexity index is 737. The van der Waals surface area contributed by atoms with Crippen molar-refractivity contribution in [1.29, 1.82) is 0 Å². The van der Waals surface area contributed by atoms with Crippen LogP contribution in [0.4, 0.5) is 5.00 Å². The second-order valence-corrected chi connectivity index (χ2v) is 7.85. The van der Waals surface area contributed by atoms with Gasteiger partial charge in [0, 0.05) is 32.7 Å². The minimum atomic E-state index is 0.473. The van der Waals surface area contributed by atoms with Crippen LogP contribution >= 0.6 is 11.3 Å². The monoisotopic (exact) mass is 386 g/mol. The SMILES string of the molecule is CN=C(NCCc1cc(C)ccc1OC)NC1CCN(c2cccs2)CC1. The molecule has 0 bridgehead atoms. The van der Waals surface area contributed by atoms with Gasteiger partial charge >= 0.3 is 0 Å². The number of nitrogens with zero attached hydrogens (tertiary/aromatic N) is 2. The van der Waals surface area contributed by atoms with Crippen LogP contribution in [-0.2, 0) is 6.42 Å². The number of piperidine rings is 1. The molecule has 5 nitrogen and oxygen atoms in total. The van der Waals surface area contributed by atoms with E-state index < -0.39 is 0 Å². The van der Waals surface area contributed by atoms with Crippen LogP contribution in [-0.4, -0.2) is 45.8 Å². The number of aryl methyl sites for hydroxylation is 1. The van der Waals surface area contributed by atoms with Gasteiger partial charge in [-0.1, -0.05) is 17.7 Å². The van der Waals surface area contributed by atoms with E-state index in [0.29, 0.717) is 6.04 Å². The second-order valence-electron chi connectivity index (χ2n) is 6.92. The Morgan fingerprint density at radius 1 is 1.30 bits per heavy atom. The van der Waals surface area contributed by atoms with E-state index in [4.69, 9.17) is 4.74 Å². The summed E-state index contributed by atoms with van der Waals surface area (Å²) in [4.78, 5) is 6.87. The third-order valence-corrected chi connectivity index (χ3v) is 5.93. The maximum absolute atomic E-state index is 5.47. The van der Waals surface area contributed by atoms with E-state index in [1.807, 2.05) is 24.5 Å². The maximum Gasteiger partial charge on any atom is 0.191 e. The van der Waals surface area contributed by atoms with Crippen molar-refractivity contribution in [3.63, 3.8) is 0 Å². The summed E-state index contributed by atoms with van der Waals surface area (Å²) < 4.78 is 5.47. The molecule has 0 unspecified atom stereocenters. The number of hydrogen-bond acceptors (Lipinski definition) is 4. The average molecular weight is 387 g/mol. The van der Waals surface area contributed by atoms with Gasteiger partial charge in [-0.25, -0.2) is 0 Å². The van der Waals surface area contributed by atoms with E-state index in [0.717, 1.165) is 50.6 Å². The number of nitrogens with one attached hydrogen (secondary N) is 2. The molecule has 146 valence electrons. The van der Waals surface area contributed by atoms with Gasteiger partial charge < -0.3 is 20.3 Å². The highest BCUT2D eigenvalue weighted by molar-refractivity contribution is 7.14. The molecule has 0 aliphatic carbocycles. The van der Waals surface area contributed by atoms with Gasteiger partial charge in [0.25, 0.3) is 0 Å². The smallest absolute Gasteiger partial charge is 0.191 e. The van der Waals surface area contributed by atoms with Gasteiger partial charge in [-0.15, -0.1) is 11.3 Å². The molecular weight excluding hydrogens is 356 g/mol. The normalized spacial score (nSPS) is 15.7. The molecule has 1 aliphatic rings. The molecule has 1 aliphatic heterocycles. The largest absolute Gasteiger partial charge is 0.496 e. The van der Waals surface area contributed by atoms with Crippen molar-refractivity contribution < 1.29 is 4.74 Å². The number of hydrogen-bond donors (Lipinski definition) is 2. The molecule has 2 heterocycles. The first kappa shape index (κ1) is 19.5. The zero-order chi connectivity index (χ0) is 19.1. The van der Waals surface area contributed by atoms with Crippen molar-refractivity contribution in [2.75, 3.05) is 38.7 Å². The summed E-state index contributed by atoms with van der Waals surface area (Å²) in [7, 11) is 3.56. The highest BCUT2D eigenvalue weighted by atomic mass is 32.1. The quantitative estimate of drug-likeness (QED) is 0.590. The molecule has 1 aromatic heterocycles. The topological polar surface area (TPSA) is 48.9 Å². The maximum atomic E-state index is 5.47. The predicted molar refractivity (Wildman–Crippen MR) is 115 cm³/mol. The lowest BCUT2D eigenvalue weighted by molar-refractivity contribution is 0.409. The Hall–Kier alpha value is -2.21. The Kier molecular flexibility index (Phi) is 6.98. The molecule has 0 radical (unpaired) electrons. The number of anilines is 1. The van der Waals surface area contributed by atoms with Crippen LogP contribution in [0.1, 0.15) is 24.0 Å². The molecular formula is C21H30N4OS. The summed E-state index contributed by atoms with van der Waals surface area (Å²) in [5.41, 5.74) is 2.48. The van der Waals surface area contributed by atoms with E-state index in [2.05, 4.69) is 57.1 Å². The standard InChI is InChI=1S/C21H30N4OS/c1-16-6-7-19(26-3)17(15-16)8-11-23-21(22-2)24-18-9-12-25(13-10-18)20-5-4-14-27-20/h4-7,14-15,18H,8-13H2,1-3H3,(H2,22,23,24). The van der Waals surface area contributed by atoms with Gasteiger partial charge in [-0.2, -0.15) is 0 Å². The van der Waals surface area contributed by atoms with Crippen molar-refractivity contribution in [2.45, 2.75) is 32.2 Å². The highest BCUT2D eigenvalue weighted by Gasteiger charge is 2.20. The van der Waals surface area contributed by atoms with Gasteiger partial charge in [-0.3, -0.25) is 4.99 Å². The fourth-order valence-corrected chi connectivity index (χ4v) is 4.29. The molecule has 1 aromatic carbocycles. The molecule has 1 saturated heterocycles. The van der Waals surface area contributed by atoms with Crippen LogP contribution in [0.5, 0.6) is 5.75 Å². The van der Waals surface area contributed by atoms with Crippen LogP contribution in [0.2, 0.25) is 0 Å². The van der Waals surface area contributed by atoms with Crippen LogP contribution in [0, 0.1) is 6.92 Å². The van der Waals surface area contributed by atoms with E-state index in [9.17, 15) is 0 Å². The van der Waals surface area contributed by atoms with Crippen LogP contribution in [0.3, 0.4) is 0 Å². The number of aliphatic imine (C=N–C) groups is 1. The summed E-state index contributed by atoms with van der Waals surface area (Å²) in [6.45, 7) is 5.12. The van der Waals surface area contributed by atoms with Gasteiger partial charge in [-0.05, 0) is 55.3 Å². The van der Waals surface area contributed by atoms with Gasteiger partial charge in [0.2, 0.25) is 0 Å². The lowest BCUT2D eigenvalue weighted by Gasteiger charge is -2.33. The molecule has 3 rings (SSSR count). The molecule has 0 saturated carbocycles. The lowest BCUT2D eigenvalue weighted by atomic mass is 10.1. The number of rotatable bonds is 6. The van der Waals surface area contributed by atoms with Gasteiger partial charge in [0.05, 0.1) is 12.1 Å². The minimum absolute atomic E-state index is 0.473. The third-order valence-electron chi connectivity index (χ3n) is 5.00. The van der Waals surface area contributed by atoms with E-state index in [1.165, 1.54) is 16.1 Å². The summed E-state index contributed by atoms with van der Waals surface area (Å²) >= 11 is 1.82. The fourth-order valence-electron chi connectivity index (χ4n) is 3.50. The first-order chi connectivity index (χ1) is 13.2. The summed E-state index contributed by atoms with van der Waals surface area (Å²) in [6, 6.07) is 11.1. The predicted octanol–water partition coefficient (Wildman–Crippen LogP) is 3.44. The fraction of sp³-hybridized carbons (Fsp3) is 0.476. The van der Waals surface area contributed by atoms with Crippen LogP contribution in [0.25, 0.3) is 0 Å². The first-order valence-electron chi connectivity index (χ1n) is 9.58. The molecule has 0 amide bonds. The molecule has 1 fully saturated rings. The Labute approximate surface area is 166 Å². The zero-order valence-electron chi connectivity index (χ0n) is 16.5. The highest BCUT2D eigenvalue weighted by Crippen LogP contribution is 2.24. The van der Waals surface area contributed by atoms with Crippen molar-refractivity contribution in [1.82, 2.24) is 10.6 Å². The average Bonchev–Trinajstić information content (AvgIpc) is 3.23. The molecule has 2 N–H and O–H groups in total. The number of methoxy groups -OCH3 is 1. The van der Waals surface area contributed by atoms with Gasteiger partial charge in [0.15, 0.2) is 5.96 Å². The summed E-state index contributed by atoms with van der Waals surface area (Å²) in [5.74, 6) is 1.84. The van der Waals surface area contributed by atoms with Crippen LogP contribution < -0.4 is 20.3 Å². The number of ether oxygens (including phenoxy) is 1. The van der Waals surface area contributed by atoms with Crippen LogP contribution in [0.15, 0.2) is 40.7 Å². The molecule has 2 aromatic rings.